The lowest BCUT2D eigenvalue weighted by molar-refractivity contribution is -0.123. The van der Waals surface area contributed by atoms with Crippen LogP contribution in [0.2, 0.25) is 0 Å². The van der Waals surface area contributed by atoms with Crippen molar-refractivity contribution in [3.63, 3.8) is 0 Å². The molecule has 1 N–H and O–H groups in total. The molecule has 0 bridgehead atoms. The number of nitrogens with zero attached hydrogens (tertiary/aromatic N) is 1. The van der Waals surface area contributed by atoms with Gasteiger partial charge in [0.15, 0.2) is 6.61 Å². The predicted molar refractivity (Wildman–Crippen MR) is 94.9 cm³/mol. The number of rotatable bonds is 6. The third-order valence-electron chi connectivity index (χ3n) is 3.47. The van der Waals surface area contributed by atoms with Crippen LogP contribution in [0.4, 0.5) is 0 Å². The number of carbonyl (C=O) groups excluding carboxylic acids is 1. The van der Waals surface area contributed by atoms with Crippen LogP contribution < -0.4 is 14.9 Å². The van der Waals surface area contributed by atoms with Crippen LogP contribution in [-0.2, 0) is 4.79 Å². The van der Waals surface area contributed by atoms with E-state index in [2.05, 4.69) is 10.5 Å². The largest absolute Gasteiger partial charge is 0.497 e. The van der Waals surface area contributed by atoms with Crippen molar-refractivity contribution in [3.8, 4) is 11.5 Å². The lowest BCUT2D eigenvalue weighted by atomic mass is 10.1. The highest BCUT2D eigenvalue weighted by molar-refractivity contribution is 5.83. The van der Waals surface area contributed by atoms with E-state index in [4.69, 9.17) is 9.47 Å². The van der Waals surface area contributed by atoms with Crippen LogP contribution in [-0.4, -0.2) is 25.8 Å². The Morgan fingerprint density at radius 2 is 1.75 bits per heavy atom. The van der Waals surface area contributed by atoms with E-state index in [9.17, 15) is 4.79 Å². The van der Waals surface area contributed by atoms with Gasteiger partial charge in [0, 0.05) is 0 Å². The van der Waals surface area contributed by atoms with Gasteiger partial charge in [0.1, 0.15) is 11.5 Å². The van der Waals surface area contributed by atoms with Gasteiger partial charge in [0.05, 0.1) is 13.3 Å². The SMILES string of the molecule is COc1ccc(C=NNC(=O)COc2c(C)cc(C)cc2C)cc1. The predicted octanol–water partition coefficient (Wildman–Crippen LogP) is 3.15. The second-order valence-corrected chi connectivity index (χ2v) is 5.58. The third kappa shape index (κ3) is 4.84. The monoisotopic (exact) mass is 326 g/mol. The molecule has 0 radical (unpaired) electrons. The fourth-order valence-corrected chi connectivity index (χ4v) is 2.43. The Morgan fingerprint density at radius 3 is 2.33 bits per heavy atom. The van der Waals surface area contributed by atoms with Crippen LogP contribution in [0.3, 0.4) is 0 Å². The van der Waals surface area contributed by atoms with Crippen molar-refractivity contribution >= 4 is 12.1 Å². The molecule has 0 atom stereocenters. The molecule has 1 amide bonds. The van der Waals surface area contributed by atoms with E-state index in [1.807, 2.05) is 57.2 Å². The first-order valence-corrected chi connectivity index (χ1v) is 7.66. The van der Waals surface area contributed by atoms with E-state index < -0.39 is 0 Å². The number of benzene rings is 2. The van der Waals surface area contributed by atoms with E-state index >= 15 is 0 Å². The van der Waals surface area contributed by atoms with E-state index in [0.29, 0.717) is 0 Å². The van der Waals surface area contributed by atoms with Crippen molar-refractivity contribution in [1.82, 2.24) is 5.43 Å². The van der Waals surface area contributed by atoms with Gasteiger partial charge in [-0.25, -0.2) is 5.43 Å². The molecule has 0 spiro atoms. The van der Waals surface area contributed by atoms with Gasteiger partial charge in [-0.2, -0.15) is 5.10 Å². The topological polar surface area (TPSA) is 59.9 Å². The van der Waals surface area contributed by atoms with Crippen LogP contribution in [0.5, 0.6) is 11.5 Å². The van der Waals surface area contributed by atoms with E-state index in [1.165, 1.54) is 5.56 Å². The summed E-state index contributed by atoms with van der Waals surface area (Å²) in [7, 11) is 1.61. The number of methoxy groups -OCH3 is 1. The maximum absolute atomic E-state index is 11.8. The summed E-state index contributed by atoms with van der Waals surface area (Å²) in [5.41, 5.74) is 6.52. The maximum atomic E-state index is 11.8. The summed E-state index contributed by atoms with van der Waals surface area (Å²) in [4.78, 5) is 11.8. The number of hydrogen-bond donors (Lipinski definition) is 1. The van der Waals surface area contributed by atoms with Gasteiger partial charge >= 0.3 is 0 Å². The minimum atomic E-state index is -0.306. The van der Waals surface area contributed by atoms with Crippen molar-refractivity contribution in [2.45, 2.75) is 20.8 Å². The van der Waals surface area contributed by atoms with Gasteiger partial charge in [-0.1, -0.05) is 17.7 Å². The first-order valence-electron chi connectivity index (χ1n) is 7.66. The van der Waals surface area contributed by atoms with E-state index in [-0.39, 0.29) is 12.5 Å². The summed E-state index contributed by atoms with van der Waals surface area (Å²) >= 11 is 0. The number of carbonyl (C=O) groups is 1. The second-order valence-electron chi connectivity index (χ2n) is 5.58. The zero-order chi connectivity index (χ0) is 17.5. The van der Waals surface area contributed by atoms with Gasteiger partial charge in [0.2, 0.25) is 0 Å². The number of amides is 1. The minimum absolute atomic E-state index is 0.0787. The van der Waals surface area contributed by atoms with Crippen molar-refractivity contribution in [2.75, 3.05) is 13.7 Å². The molecule has 0 unspecified atom stereocenters. The highest BCUT2D eigenvalue weighted by Gasteiger charge is 2.07. The molecule has 0 saturated carbocycles. The van der Waals surface area contributed by atoms with E-state index in [1.54, 1.807) is 13.3 Å². The fraction of sp³-hybridized carbons (Fsp3) is 0.263. The van der Waals surface area contributed by atoms with Crippen molar-refractivity contribution in [1.29, 1.82) is 0 Å². The van der Waals surface area contributed by atoms with Crippen molar-refractivity contribution in [2.24, 2.45) is 5.10 Å². The normalized spacial score (nSPS) is 10.7. The molecule has 24 heavy (non-hydrogen) atoms. The first-order chi connectivity index (χ1) is 11.5. The summed E-state index contributed by atoms with van der Waals surface area (Å²) in [6.45, 7) is 5.89. The summed E-state index contributed by atoms with van der Waals surface area (Å²) in [5, 5.41) is 3.92. The Balaban J connectivity index is 1.86. The third-order valence-corrected chi connectivity index (χ3v) is 3.47. The van der Waals surface area contributed by atoms with Crippen molar-refractivity contribution < 1.29 is 14.3 Å². The Hall–Kier alpha value is -2.82. The average molecular weight is 326 g/mol. The molecule has 0 heterocycles. The molecular weight excluding hydrogens is 304 g/mol. The van der Waals surface area contributed by atoms with Gasteiger partial charge in [-0.05, 0) is 61.7 Å². The number of aryl methyl sites for hydroxylation is 3. The van der Waals surface area contributed by atoms with Gasteiger partial charge < -0.3 is 9.47 Å². The molecule has 2 aromatic carbocycles. The van der Waals surface area contributed by atoms with Gasteiger partial charge in [-0.15, -0.1) is 0 Å². The molecule has 0 aliphatic heterocycles. The highest BCUT2D eigenvalue weighted by Crippen LogP contribution is 2.24. The second kappa shape index (κ2) is 8.15. The summed E-state index contributed by atoms with van der Waals surface area (Å²) in [5.74, 6) is 1.21. The Kier molecular flexibility index (Phi) is 5.95. The summed E-state index contributed by atoms with van der Waals surface area (Å²) in [6.07, 6.45) is 1.57. The average Bonchev–Trinajstić information content (AvgIpc) is 2.54. The first kappa shape index (κ1) is 17.5. The molecule has 0 aliphatic rings. The van der Waals surface area contributed by atoms with E-state index in [0.717, 1.165) is 28.2 Å². The quantitative estimate of drug-likeness (QED) is 0.655. The number of nitrogens with one attached hydrogen (secondary N) is 1. The Labute approximate surface area is 142 Å². The summed E-state index contributed by atoms with van der Waals surface area (Å²) < 4.78 is 10.7. The number of hydrogen-bond acceptors (Lipinski definition) is 4. The van der Waals surface area contributed by atoms with Crippen molar-refractivity contribution in [3.05, 3.63) is 58.7 Å². The molecular formula is C19H22N2O3. The smallest absolute Gasteiger partial charge is 0.277 e. The van der Waals surface area contributed by atoms with Crippen LogP contribution in [0.15, 0.2) is 41.5 Å². The van der Waals surface area contributed by atoms with Crippen LogP contribution in [0.1, 0.15) is 22.3 Å². The molecule has 0 saturated heterocycles. The van der Waals surface area contributed by atoms with Crippen LogP contribution >= 0.6 is 0 Å². The molecule has 2 aromatic rings. The fourth-order valence-electron chi connectivity index (χ4n) is 2.43. The minimum Gasteiger partial charge on any atom is -0.497 e. The zero-order valence-corrected chi connectivity index (χ0v) is 14.4. The lowest BCUT2D eigenvalue weighted by Crippen LogP contribution is -2.25. The molecule has 5 nitrogen and oxygen atoms in total. The summed E-state index contributed by atoms with van der Waals surface area (Å²) in [6, 6.07) is 11.4. The zero-order valence-electron chi connectivity index (χ0n) is 14.4. The highest BCUT2D eigenvalue weighted by atomic mass is 16.5. The molecule has 0 aromatic heterocycles. The number of ether oxygens (including phenoxy) is 2. The standard InChI is InChI=1S/C19H22N2O3/c1-13-9-14(2)19(15(3)10-13)24-12-18(22)21-20-11-16-5-7-17(23-4)8-6-16/h5-11H,12H2,1-4H3,(H,21,22). The van der Waals surface area contributed by atoms with Gasteiger partial charge in [-0.3, -0.25) is 4.79 Å². The Morgan fingerprint density at radius 1 is 1.12 bits per heavy atom. The molecule has 126 valence electrons. The number of hydrazone groups is 1. The molecule has 0 fully saturated rings. The molecule has 0 aliphatic carbocycles. The molecule has 2 rings (SSSR count). The van der Waals surface area contributed by atoms with Gasteiger partial charge in [0.25, 0.3) is 5.91 Å². The van der Waals surface area contributed by atoms with Crippen LogP contribution in [0.25, 0.3) is 0 Å². The van der Waals surface area contributed by atoms with Crippen LogP contribution in [0, 0.1) is 20.8 Å². The molecule has 5 heteroatoms. The lowest BCUT2D eigenvalue weighted by Gasteiger charge is -2.12. The maximum Gasteiger partial charge on any atom is 0.277 e. The Bertz CT molecular complexity index is 714.